The van der Waals surface area contributed by atoms with Crippen LogP contribution in [0.3, 0.4) is 0 Å². The number of hydrogen-bond donors (Lipinski definition) is 2. The molecule has 0 spiro atoms. The third-order valence-corrected chi connectivity index (χ3v) is 3.22. The third-order valence-electron chi connectivity index (χ3n) is 2.69. The molecule has 0 heterocycles. The van der Waals surface area contributed by atoms with Gasteiger partial charge in [-0.25, -0.2) is 4.39 Å². The van der Waals surface area contributed by atoms with Gasteiger partial charge in [0.15, 0.2) is 0 Å². The highest BCUT2D eigenvalue weighted by atomic mass is 79.9. The van der Waals surface area contributed by atoms with Crippen molar-refractivity contribution in [2.24, 2.45) is 0 Å². The van der Waals surface area contributed by atoms with Crippen LogP contribution in [0.2, 0.25) is 0 Å². The van der Waals surface area contributed by atoms with Crippen LogP contribution in [-0.4, -0.2) is 12.5 Å². The summed E-state index contributed by atoms with van der Waals surface area (Å²) in [6.45, 7) is 1.82. The van der Waals surface area contributed by atoms with Crippen molar-refractivity contribution in [1.82, 2.24) is 0 Å². The maximum absolute atomic E-state index is 13.6. The van der Waals surface area contributed by atoms with E-state index in [0.29, 0.717) is 11.4 Å². The molecule has 0 saturated carbocycles. The van der Waals surface area contributed by atoms with Crippen molar-refractivity contribution in [1.29, 1.82) is 0 Å². The Morgan fingerprint density at radius 1 is 1.20 bits per heavy atom. The molecule has 2 rings (SSSR count). The largest absolute Gasteiger partial charge is 0.374 e. The molecule has 104 valence electrons. The molecule has 20 heavy (non-hydrogen) atoms. The summed E-state index contributed by atoms with van der Waals surface area (Å²) >= 11 is 3.32. The predicted octanol–water partition coefficient (Wildman–Crippen LogP) is 3.95. The Bertz CT molecular complexity index is 614. The van der Waals surface area contributed by atoms with Crippen LogP contribution in [0.5, 0.6) is 0 Å². The molecule has 0 aromatic heterocycles. The molecular weight excluding hydrogens is 323 g/mol. The second-order valence-electron chi connectivity index (χ2n) is 4.39. The van der Waals surface area contributed by atoms with Gasteiger partial charge in [0.2, 0.25) is 5.91 Å². The van der Waals surface area contributed by atoms with Gasteiger partial charge in [-0.1, -0.05) is 22.0 Å². The minimum Gasteiger partial charge on any atom is -0.374 e. The SMILES string of the molecule is Cc1ccc(NCC(=O)Nc2ccc(Br)cc2)c(F)c1. The van der Waals surface area contributed by atoms with Gasteiger partial charge in [0.25, 0.3) is 0 Å². The van der Waals surface area contributed by atoms with E-state index in [1.54, 1.807) is 24.3 Å². The minimum atomic E-state index is -0.360. The minimum absolute atomic E-state index is 0.00997. The highest BCUT2D eigenvalue weighted by Gasteiger charge is 2.05. The number of aryl methyl sites for hydroxylation is 1. The molecule has 0 atom stereocenters. The van der Waals surface area contributed by atoms with Crippen molar-refractivity contribution in [2.45, 2.75) is 6.92 Å². The van der Waals surface area contributed by atoms with Gasteiger partial charge >= 0.3 is 0 Å². The maximum atomic E-state index is 13.6. The van der Waals surface area contributed by atoms with Crippen molar-refractivity contribution in [3.8, 4) is 0 Å². The molecule has 0 aliphatic rings. The summed E-state index contributed by atoms with van der Waals surface area (Å²) in [6, 6.07) is 12.1. The topological polar surface area (TPSA) is 41.1 Å². The molecule has 2 N–H and O–H groups in total. The molecule has 0 unspecified atom stereocenters. The van der Waals surface area contributed by atoms with E-state index in [2.05, 4.69) is 26.6 Å². The van der Waals surface area contributed by atoms with E-state index in [1.165, 1.54) is 6.07 Å². The van der Waals surface area contributed by atoms with Crippen molar-refractivity contribution in [3.05, 3.63) is 58.3 Å². The lowest BCUT2D eigenvalue weighted by atomic mass is 10.2. The van der Waals surface area contributed by atoms with E-state index in [9.17, 15) is 9.18 Å². The molecule has 0 aliphatic heterocycles. The lowest BCUT2D eigenvalue weighted by Gasteiger charge is -2.09. The first-order valence-electron chi connectivity index (χ1n) is 6.10. The average Bonchev–Trinajstić information content (AvgIpc) is 2.40. The van der Waals surface area contributed by atoms with Crippen LogP contribution in [0.1, 0.15) is 5.56 Å². The molecule has 2 aromatic carbocycles. The summed E-state index contributed by atoms with van der Waals surface area (Å²) in [4.78, 5) is 11.7. The Labute approximate surface area is 125 Å². The second-order valence-corrected chi connectivity index (χ2v) is 5.31. The molecule has 0 aliphatic carbocycles. The van der Waals surface area contributed by atoms with Crippen LogP contribution >= 0.6 is 15.9 Å². The molecule has 0 radical (unpaired) electrons. The first kappa shape index (κ1) is 14.5. The van der Waals surface area contributed by atoms with Crippen LogP contribution in [-0.2, 0) is 4.79 Å². The van der Waals surface area contributed by atoms with Gasteiger partial charge in [0.05, 0.1) is 12.2 Å². The predicted molar refractivity (Wildman–Crippen MR) is 82.4 cm³/mol. The first-order chi connectivity index (χ1) is 9.54. The van der Waals surface area contributed by atoms with Crippen LogP contribution < -0.4 is 10.6 Å². The lowest BCUT2D eigenvalue weighted by molar-refractivity contribution is -0.114. The number of halogens is 2. The Morgan fingerprint density at radius 3 is 2.55 bits per heavy atom. The normalized spacial score (nSPS) is 10.2. The fourth-order valence-electron chi connectivity index (χ4n) is 1.68. The standard InChI is InChI=1S/C15H14BrFN2O/c1-10-2-7-14(13(17)8-10)18-9-15(20)19-12-5-3-11(16)4-6-12/h2-8,18H,9H2,1H3,(H,19,20). The monoisotopic (exact) mass is 336 g/mol. The zero-order chi connectivity index (χ0) is 14.5. The lowest BCUT2D eigenvalue weighted by Crippen LogP contribution is -2.22. The molecule has 0 saturated heterocycles. The first-order valence-corrected chi connectivity index (χ1v) is 6.89. The Kier molecular flexibility index (Phi) is 4.74. The number of anilines is 2. The third kappa shape index (κ3) is 4.06. The van der Waals surface area contributed by atoms with Crippen LogP contribution in [0, 0.1) is 12.7 Å². The molecule has 3 nitrogen and oxygen atoms in total. The fraction of sp³-hybridized carbons (Fsp3) is 0.133. The van der Waals surface area contributed by atoms with Gasteiger partial charge in [-0.3, -0.25) is 4.79 Å². The molecule has 0 bridgehead atoms. The van der Waals surface area contributed by atoms with Gasteiger partial charge in [-0.05, 0) is 48.9 Å². The van der Waals surface area contributed by atoms with Gasteiger partial charge in [-0.15, -0.1) is 0 Å². The van der Waals surface area contributed by atoms with Crippen molar-refractivity contribution < 1.29 is 9.18 Å². The number of benzene rings is 2. The quantitative estimate of drug-likeness (QED) is 0.887. The summed E-state index contributed by atoms with van der Waals surface area (Å²) in [6.07, 6.45) is 0. The van der Waals surface area contributed by atoms with E-state index in [0.717, 1.165) is 10.0 Å². The highest BCUT2D eigenvalue weighted by Crippen LogP contribution is 2.16. The summed E-state index contributed by atoms with van der Waals surface area (Å²) in [5, 5.41) is 5.50. The van der Waals surface area contributed by atoms with E-state index in [4.69, 9.17) is 0 Å². The van der Waals surface area contributed by atoms with E-state index < -0.39 is 0 Å². The van der Waals surface area contributed by atoms with Crippen molar-refractivity contribution in [3.63, 3.8) is 0 Å². The summed E-state index contributed by atoms with van der Waals surface area (Å²) in [5.41, 5.74) is 1.86. The van der Waals surface area contributed by atoms with E-state index in [1.807, 2.05) is 19.1 Å². The second kappa shape index (κ2) is 6.52. The zero-order valence-electron chi connectivity index (χ0n) is 10.9. The number of carbonyl (C=O) groups is 1. The number of amides is 1. The fourth-order valence-corrected chi connectivity index (χ4v) is 1.94. The number of hydrogen-bond acceptors (Lipinski definition) is 2. The molecular formula is C15H14BrFN2O. The van der Waals surface area contributed by atoms with E-state index in [-0.39, 0.29) is 18.3 Å². The summed E-state index contributed by atoms with van der Waals surface area (Å²) < 4.78 is 14.5. The zero-order valence-corrected chi connectivity index (χ0v) is 12.5. The maximum Gasteiger partial charge on any atom is 0.243 e. The number of rotatable bonds is 4. The van der Waals surface area contributed by atoms with E-state index >= 15 is 0 Å². The van der Waals surface area contributed by atoms with Gasteiger partial charge in [-0.2, -0.15) is 0 Å². The average molecular weight is 337 g/mol. The molecule has 0 fully saturated rings. The van der Waals surface area contributed by atoms with Gasteiger partial charge in [0.1, 0.15) is 5.82 Å². The molecule has 5 heteroatoms. The Morgan fingerprint density at radius 2 is 1.90 bits per heavy atom. The smallest absolute Gasteiger partial charge is 0.243 e. The number of nitrogens with one attached hydrogen (secondary N) is 2. The molecule has 1 amide bonds. The van der Waals surface area contributed by atoms with Gasteiger partial charge in [0, 0.05) is 10.2 Å². The Balaban J connectivity index is 1.90. The highest BCUT2D eigenvalue weighted by molar-refractivity contribution is 9.10. The Hall–Kier alpha value is -1.88. The van der Waals surface area contributed by atoms with Crippen LogP contribution in [0.25, 0.3) is 0 Å². The number of carbonyl (C=O) groups excluding carboxylic acids is 1. The van der Waals surface area contributed by atoms with Crippen LogP contribution in [0.15, 0.2) is 46.9 Å². The van der Waals surface area contributed by atoms with Crippen molar-refractivity contribution >= 4 is 33.2 Å². The van der Waals surface area contributed by atoms with Gasteiger partial charge < -0.3 is 10.6 Å². The van der Waals surface area contributed by atoms with Crippen LogP contribution in [0.4, 0.5) is 15.8 Å². The molecule has 2 aromatic rings. The summed E-state index contributed by atoms with van der Waals surface area (Å²) in [7, 11) is 0. The van der Waals surface area contributed by atoms with Crippen molar-refractivity contribution in [2.75, 3.05) is 17.2 Å². The summed E-state index contributed by atoms with van der Waals surface area (Å²) in [5.74, 6) is -0.589.